The van der Waals surface area contributed by atoms with Crippen LogP contribution in [0.3, 0.4) is 0 Å². The Morgan fingerprint density at radius 3 is 2.48 bits per heavy atom. The minimum Gasteiger partial charge on any atom is -0.326 e. The van der Waals surface area contributed by atoms with E-state index in [0.29, 0.717) is 6.42 Å². The molecule has 1 saturated heterocycles. The van der Waals surface area contributed by atoms with E-state index in [4.69, 9.17) is 23.2 Å². The molecule has 1 N–H and O–H groups in total. The first-order valence-electron chi connectivity index (χ1n) is 6.92. The maximum Gasteiger partial charge on any atom is 0.340 e. The lowest BCUT2D eigenvalue weighted by molar-refractivity contribution is -0.116. The summed E-state index contributed by atoms with van der Waals surface area (Å²) < 4.78 is 0. The van der Waals surface area contributed by atoms with Gasteiger partial charge in [0, 0.05) is 10.0 Å². The van der Waals surface area contributed by atoms with Crippen molar-refractivity contribution in [2.45, 2.75) is 25.1 Å². The van der Waals surface area contributed by atoms with Crippen molar-refractivity contribution in [3.63, 3.8) is 0 Å². The number of nitrogens with one attached hydrogen (secondary N) is 1. The molecule has 1 aliphatic rings. The van der Waals surface area contributed by atoms with Gasteiger partial charge in [-0.1, -0.05) is 36.5 Å². The molecule has 23 heavy (non-hydrogen) atoms. The molecule has 1 aromatic carbocycles. The first-order chi connectivity index (χ1) is 10.8. The molecule has 0 bridgehead atoms. The van der Waals surface area contributed by atoms with Crippen molar-refractivity contribution in [3.05, 3.63) is 28.2 Å². The fourth-order valence-corrected chi connectivity index (χ4v) is 3.03. The van der Waals surface area contributed by atoms with E-state index in [2.05, 4.69) is 17.9 Å². The summed E-state index contributed by atoms with van der Waals surface area (Å²) in [7, 11) is 0. The Balaban J connectivity index is 2.18. The fraction of sp³-hybridized carbons (Fsp3) is 0.357. The number of carbonyl (C=O) groups is 3. The molecule has 0 spiro atoms. The Morgan fingerprint density at radius 1 is 1.30 bits per heavy atom. The highest BCUT2D eigenvalue weighted by molar-refractivity contribution is 7.80. The van der Waals surface area contributed by atoms with E-state index in [0.717, 1.165) is 16.2 Å². The van der Waals surface area contributed by atoms with E-state index in [1.807, 2.05) is 6.92 Å². The molecule has 1 heterocycles. The molecule has 2 rings (SSSR count). The van der Waals surface area contributed by atoms with Crippen LogP contribution >= 0.6 is 35.8 Å². The fourth-order valence-electron chi connectivity index (χ4n) is 2.15. The van der Waals surface area contributed by atoms with Crippen LogP contribution in [0.2, 0.25) is 10.0 Å². The molecule has 0 aliphatic carbocycles. The van der Waals surface area contributed by atoms with Crippen molar-refractivity contribution in [2.24, 2.45) is 0 Å². The summed E-state index contributed by atoms with van der Waals surface area (Å²) in [6, 6.07) is 2.94. The van der Waals surface area contributed by atoms with Crippen molar-refractivity contribution < 1.29 is 14.4 Å². The quantitative estimate of drug-likeness (QED) is 0.480. The summed E-state index contributed by atoms with van der Waals surface area (Å²) in [5.41, 5.74) is 0.226. The maximum absolute atomic E-state index is 12.4. The zero-order valence-corrected chi connectivity index (χ0v) is 14.7. The molecule has 1 unspecified atom stereocenters. The van der Waals surface area contributed by atoms with Gasteiger partial charge in [0.1, 0.15) is 6.54 Å². The summed E-state index contributed by atoms with van der Waals surface area (Å²) in [6.45, 7) is 1.60. The topological polar surface area (TPSA) is 69.7 Å². The van der Waals surface area contributed by atoms with Crippen molar-refractivity contribution in [2.75, 3.05) is 11.4 Å². The van der Waals surface area contributed by atoms with E-state index in [1.54, 1.807) is 0 Å². The number of halogens is 2. The number of nitrogens with zero attached hydrogens (tertiary/aromatic N) is 2. The summed E-state index contributed by atoms with van der Waals surface area (Å²) >= 11 is 16.0. The van der Waals surface area contributed by atoms with Gasteiger partial charge in [0.2, 0.25) is 0 Å². The van der Waals surface area contributed by atoms with Crippen molar-refractivity contribution in [3.8, 4) is 0 Å². The normalized spacial score (nSPS) is 16.0. The van der Waals surface area contributed by atoms with Crippen LogP contribution in [0.15, 0.2) is 18.2 Å². The minimum atomic E-state index is -0.747. The van der Waals surface area contributed by atoms with Gasteiger partial charge >= 0.3 is 12.1 Å². The zero-order chi connectivity index (χ0) is 17.1. The van der Waals surface area contributed by atoms with E-state index < -0.39 is 18.0 Å². The Labute approximate surface area is 149 Å². The number of anilines is 1. The summed E-state index contributed by atoms with van der Waals surface area (Å²) in [5, 5.41) is 2.76. The summed E-state index contributed by atoms with van der Waals surface area (Å²) in [6.07, 6.45) is 1.48. The number of hydrogen-bond acceptors (Lipinski definition) is 4. The summed E-state index contributed by atoms with van der Waals surface area (Å²) in [5.74, 6) is -0.533. The first kappa shape index (κ1) is 17.9. The van der Waals surface area contributed by atoms with Crippen LogP contribution in [0.5, 0.6) is 0 Å². The highest BCUT2D eigenvalue weighted by Gasteiger charge is 2.41. The molecule has 9 heteroatoms. The molecule has 1 aromatic rings. The number of carbonyl (C=O) groups excluding carboxylic acids is 3. The van der Waals surface area contributed by atoms with Crippen LogP contribution in [-0.4, -0.2) is 34.8 Å². The SMILES string of the molecule is CCCC(S)NC(=O)N1CC(=O)N(c2cc(Cl)cc(Cl)c2)C1=O. The molecule has 0 aromatic heterocycles. The molecule has 1 aliphatic heterocycles. The third-order valence-corrected chi connectivity index (χ3v) is 3.99. The molecule has 1 fully saturated rings. The van der Waals surface area contributed by atoms with Crippen LogP contribution in [-0.2, 0) is 4.79 Å². The van der Waals surface area contributed by atoms with Gasteiger partial charge in [0.15, 0.2) is 0 Å². The summed E-state index contributed by atoms with van der Waals surface area (Å²) in [4.78, 5) is 38.3. The average Bonchev–Trinajstić information content (AvgIpc) is 2.73. The van der Waals surface area contributed by atoms with Gasteiger partial charge in [-0.25, -0.2) is 19.4 Å². The zero-order valence-electron chi connectivity index (χ0n) is 12.3. The van der Waals surface area contributed by atoms with Crippen molar-refractivity contribution in [1.29, 1.82) is 0 Å². The lowest BCUT2D eigenvalue weighted by Crippen LogP contribution is -2.45. The van der Waals surface area contributed by atoms with Gasteiger partial charge in [0.25, 0.3) is 5.91 Å². The van der Waals surface area contributed by atoms with Gasteiger partial charge in [-0.3, -0.25) is 4.79 Å². The number of benzene rings is 1. The number of rotatable bonds is 4. The molecule has 0 saturated carbocycles. The van der Waals surface area contributed by atoms with Gasteiger partial charge < -0.3 is 5.32 Å². The number of hydrogen-bond donors (Lipinski definition) is 2. The Morgan fingerprint density at radius 2 is 1.91 bits per heavy atom. The average molecular weight is 376 g/mol. The second-order valence-electron chi connectivity index (χ2n) is 4.98. The number of thiol groups is 1. The third kappa shape index (κ3) is 4.10. The van der Waals surface area contributed by atoms with Crippen LogP contribution in [0.25, 0.3) is 0 Å². The van der Waals surface area contributed by atoms with Crippen LogP contribution in [0.4, 0.5) is 15.3 Å². The Bertz CT molecular complexity index is 636. The predicted octanol–water partition coefficient (Wildman–Crippen LogP) is 3.53. The molecular formula is C14H15Cl2N3O3S. The Hall–Kier alpha value is -1.44. The second kappa shape index (κ2) is 7.42. The van der Waals surface area contributed by atoms with E-state index in [1.165, 1.54) is 18.2 Å². The molecule has 5 amide bonds. The van der Waals surface area contributed by atoms with Crippen LogP contribution in [0, 0.1) is 0 Å². The molecule has 1 atom stereocenters. The molecule has 0 radical (unpaired) electrons. The second-order valence-corrected chi connectivity index (χ2v) is 6.48. The van der Waals surface area contributed by atoms with Gasteiger partial charge in [0.05, 0.1) is 11.1 Å². The maximum atomic E-state index is 12.4. The number of imide groups is 2. The van der Waals surface area contributed by atoms with Crippen LogP contribution < -0.4 is 10.2 Å². The molecular weight excluding hydrogens is 361 g/mol. The highest BCUT2D eigenvalue weighted by atomic mass is 35.5. The van der Waals surface area contributed by atoms with Gasteiger partial charge in [-0.2, -0.15) is 12.6 Å². The lowest BCUT2D eigenvalue weighted by atomic mass is 10.3. The van der Waals surface area contributed by atoms with E-state index in [9.17, 15) is 14.4 Å². The monoisotopic (exact) mass is 375 g/mol. The molecule has 6 nitrogen and oxygen atoms in total. The van der Waals surface area contributed by atoms with Gasteiger partial charge in [-0.15, -0.1) is 0 Å². The van der Waals surface area contributed by atoms with Crippen molar-refractivity contribution >= 4 is 59.5 Å². The third-order valence-electron chi connectivity index (χ3n) is 3.17. The minimum absolute atomic E-state index is 0.226. The predicted molar refractivity (Wildman–Crippen MR) is 92.3 cm³/mol. The number of urea groups is 2. The number of amides is 5. The van der Waals surface area contributed by atoms with Gasteiger partial charge in [-0.05, 0) is 24.6 Å². The Kier molecular flexibility index (Phi) is 5.78. The molecule has 124 valence electrons. The lowest BCUT2D eigenvalue weighted by Gasteiger charge is -2.19. The smallest absolute Gasteiger partial charge is 0.326 e. The first-order valence-corrected chi connectivity index (χ1v) is 8.19. The van der Waals surface area contributed by atoms with E-state index in [-0.39, 0.29) is 27.7 Å². The highest BCUT2D eigenvalue weighted by Crippen LogP contribution is 2.28. The van der Waals surface area contributed by atoms with Crippen molar-refractivity contribution in [1.82, 2.24) is 10.2 Å². The van der Waals surface area contributed by atoms with Crippen LogP contribution in [0.1, 0.15) is 19.8 Å². The standard InChI is InChI=1S/C14H15Cl2N3O3S/c1-2-3-11(23)17-13(21)18-7-12(20)19(14(18)22)10-5-8(15)4-9(16)6-10/h4-6,11,23H,2-3,7H2,1H3,(H,17,21). The largest absolute Gasteiger partial charge is 0.340 e. The van der Waals surface area contributed by atoms with E-state index >= 15 is 0 Å².